The van der Waals surface area contributed by atoms with Crippen molar-refractivity contribution in [2.75, 3.05) is 0 Å². The zero-order chi connectivity index (χ0) is 13.7. The Morgan fingerprint density at radius 1 is 1.37 bits per heavy atom. The van der Waals surface area contributed by atoms with Gasteiger partial charge in [-0.2, -0.15) is 5.10 Å². The highest BCUT2D eigenvalue weighted by atomic mass is 16.2. The molecule has 1 heterocycles. The predicted molar refractivity (Wildman–Crippen MR) is 73.2 cm³/mol. The summed E-state index contributed by atoms with van der Waals surface area (Å²) in [6.45, 7) is 0.442. The van der Waals surface area contributed by atoms with Crippen molar-refractivity contribution in [3.8, 4) is 0 Å². The second-order valence-electron chi connectivity index (χ2n) is 4.46. The van der Waals surface area contributed by atoms with Crippen LogP contribution in [0.2, 0.25) is 0 Å². The number of nitrogens with two attached hydrogens (primary N) is 1. The van der Waals surface area contributed by atoms with Crippen LogP contribution in [0.25, 0.3) is 0 Å². The van der Waals surface area contributed by atoms with E-state index in [-0.39, 0.29) is 5.91 Å². The molecule has 2 aromatic rings. The summed E-state index contributed by atoms with van der Waals surface area (Å²) in [5, 5.41) is 6.86. The number of nitrogens with one attached hydrogen (secondary N) is 1. The first-order chi connectivity index (χ1) is 9.16. The molecule has 100 valence electrons. The molecule has 0 aliphatic carbocycles. The summed E-state index contributed by atoms with van der Waals surface area (Å²) in [4.78, 5) is 11.9. The number of carbonyl (C=O) groups is 1. The molecule has 1 amide bonds. The number of carbonyl (C=O) groups excluding carboxylic acids is 1. The van der Waals surface area contributed by atoms with Crippen molar-refractivity contribution in [1.82, 2.24) is 15.1 Å². The molecule has 0 fully saturated rings. The van der Waals surface area contributed by atoms with Gasteiger partial charge in [0.15, 0.2) is 0 Å². The van der Waals surface area contributed by atoms with E-state index in [9.17, 15) is 4.79 Å². The van der Waals surface area contributed by atoms with Crippen LogP contribution in [-0.4, -0.2) is 21.7 Å². The molecule has 0 radical (unpaired) electrons. The van der Waals surface area contributed by atoms with Gasteiger partial charge in [-0.1, -0.05) is 30.3 Å². The maximum Gasteiger partial charge on any atom is 0.237 e. The van der Waals surface area contributed by atoms with Gasteiger partial charge >= 0.3 is 0 Å². The molecule has 1 aromatic carbocycles. The Morgan fingerprint density at radius 3 is 2.74 bits per heavy atom. The maximum atomic E-state index is 11.9. The zero-order valence-corrected chi connectivity index (χ0v) is 10.9. The molecule has 0 aliphatic rings. The van der Waals surface area contributed by atoms with E-state index in [1.54, 1.807) is 10.9 Å². The topological polar surface area (TPSA) is 72.9 Å². The van der Waals surface area contributed by atoms with Crippen LogP contribution in [0.4, 0.5) is 0 Å². The van der Waals surface area contributed by atoms with Gasteiger partial charge in [-0.25, -0.2) is 0 Å². The molecule has 0 bridgehead atoms. The molecule has 0 spiro atoms. The van der Waals surface area contributed by atoms with Crippen molar-refractivity contribution in [1.29, 1.82) is 0 Å². The average Bonchev–Trinajstić information content (AvgIpc) is 2.82. The van der Waals surface area contributed by atoms with Crippen molar-refractivity contribution in [2.24, 2.45) is 12.8 Å². The number of aryl methyl sites for hydroxylation is 1. The lowest BCUT2D eigenvalue weighted by atomic mass is 10.1. The quantitative estimate of drug-likeness (QED) is 0.825. The van der Waals surface area contributed by atoms with Crippen molar-refractivity contribution in [3.63, 3.8) is 0 Å². The standard InChI is InChI=1S/C14H18N4O/c1-18-12(7-8-17-18)10-16-14(19)13(15)9-11-5-3-2-4-6-11/h2-8,13H,9-10,15H2,1H3,(H,16,19). The van der Waals surface area contributed by atoms with E-state index < -0.39 is 6.04 Å². The average molecular weight is 258 g/mol. The van der Waals surface area contributed by atoms with Crippen LogP contribution < -0.4 is 11.1 Å². The van der Waals surface area contributed by atoms with Crippen LogP contribution in [-0.2, 0) is 24.8 Å². The molecule has 0 saturated heterocycles. The van der Waals surface area contributed by atoms with Crippen LogP contribution >= 0.6 is 0 Å². The highest BCUT2D eigenvalue weighted by molar-refractivity contribution is 5.81. The molecule has 2 rings (SSSR count). The SMILES string of the molecule is Cn1nccc1CNC(=O)C(N)Cc1ccccc1. The Labute approximate surface area is 112 Å². The summed E-state index contributed by atoms with van der Waals surface area (Å²) in [6, 6.07) is 11.1. The first-order valence-corrected chi connectivity index (χ1v) is 6.21. The highest BCUT2D eigenvalue weighted by Gasteiger charge is 2.13. The Balaban J connectivity index is 1.84. The number of hydrogen-bond acceptors (Lipinski definition) is 3. The number of benzene rings is 1. The van der Waals surface area contributed by atoms with Crippen LogP contribution in [0.1, 0.15) is 11.3 Å². The van der Waals surface area contributed by atoms with Crippen LogP contribution in [0.15, 0.2) is 42.6 Å². The van der Waals surface area contributed by atoms with E-state index in [4.69, 9.17) is 5.73 Å². The zero-order valence-electron chi connectivity index (χ0n) is 10.9. The van der Waals surface area contributed by atoms with Crippen molar-refractivity contribution >= 4 is 5.91 Å². The van der Waals surface area contributed by atoms with E-state index in [0.717, 1.165) is 11.3 Å². The van der Waals surface area contributed by atoms with Crippen LogP contribution in [0, 0.1) is 0 Å². The molecule has 0 aliphatic heterocycles. The molecule has 5 heteroatoms. The molecular formula is C14H18N4O. The third-order valence-electron chi connectivity index (χ3n) is 3.00. The fourth-order valence-electron chi connectivity index (χ4n) is 1.84. The summed E-state index contributed by atoms with van der Waals surface area (Å²) >= 11 is 0. The minimum absolute atomic E-state index is 0.148. The Kier molecular flexibility index (Phi) is 4.30. The second kappa shape index (κ2) is 6.15. The summed E-state index contributed by atoms with van der Waals surface area (Å²) in [5.41, 5.74) is 7.90. The van der Waals surface area contributed by atoms with E-state index in [0.29, 0.717) is 13.0 Å². The molecule has 1 unspecified atom stereocenters. The van der Waals surface area contributed by atoms with Gasteiger partial charge in [0, 0.05) is 13.2 Å². The molecule has 19 heavy (non-hydrogen) atoms. The summed E-state index contributed by atoms with van der Waals surface area (Å²) < 4.78 is 1.73. The summed E-state index contributed by atoms with van der Waals surface area (Å²) in [5.74, 6) is -0.148. The normalized spacial score (nSPS) is 12.1. The first kappa shape index (κ1) is 13.3. The molecule has 1 aromatic heterocycles. The lowest BCUT2D eigenvalue weighted by Crippen LogP contribution is -2.41. The molecular weight excluding hydrogens is 240 g/mol. The van der Waals surface area contributed by atoms with E-state index in [1.807, 2.05) is 43.4 Å². The molecule has 0 saturated carbocycles. The molecule has 5 nitrogen and oxygen atoms in total. The Hall–Kier alpha value is -2.14. The number of aromatic nitrogens is 2. The third kappa shape index (κ3) is 3.66. The van der Waals surface area contributed by atoms with Gasteiger partial charge in [-0.05, 0) is 18.1 Å². The van der Waals surface area contributed by atoms with Gasteiger partial charge in [-0.15, -0.1) is 0 Å². The van der Waals surface area contributed by atoms with Crippen LogP contribution in [0.3, 0.4) is 0 Å². The first-order valence-electron chi connectivity index (χ1n) is 6.21. The monoisotopic (exact) mass is 258 g/mol. The lowest BCUT2D eigenvalue weighted by molar-refractivity contribution is -0.122. The van der Waals surface area contributed by atoms with Gasteiger partial charge < -0.3 is 11.1 Å². The summed E-state index contributed by atoms with van der Waals surface area (Å²) in [6.07, 6.45) is 2.24. The molecule has 3 N–H and O–H groups in total. The van der Waals surface area contributed by atoms with Gasteiger partial charge in [0.2, 0.25) is 5.91 Å². The fraction of sp³-hybridized carbons (Fsp3) is 0.286. The lowest BCUT2D eigenvalue weighted by Gasteiger charge is -2.12. The minimum atomic E-state index is -0.532. The number of amides is 1. The number of rotatable bonds is 5. The predicted octanol–water partition coefficient (Wildman–Crippen LogP) is 0.606. The number of hydrogen-bond donors (Lipinski definition) is 2. The minimum Gasteiger partial charge on any atom is -0.349 e. The van der Waals surface area contributed by atoms with Gasteiger partial charge in [0.25, 0.3) is 0 Å². The van der Waals surface area contributed by atoms with Crippen LogP contribution in [0.5, 0.6) is 0 Å². The van der Waals surface area contributed by atoms with Gasteiger partial charge in [-0.3, -0.25) is 9.48 Å². The van der Waals surface area contributed by atoms with Gasteiger partial charge in [0.1, 0.15) is 0 Å². The van der Waals surface area contributed by atoms with E-state index in [2.05, 4.69) is 10.4 Å². The Bertz CT molecular complexity index is 535. The fourth-order valence-corrected chi connectivity index (χ4v) is 1.84. The van der Waals surface area contributed by atoms with Crippen molar-refractivity contribution in [2.45, 2.75) is 19.0 Å². The Morgan fingerprint density at radius 2 is 2.11 bits per heavy atom. The van der Waals surface area contributed by atoms with E-state index >= 15 is 0 Å². The summed E-state index contributed by atoms with van der Waals surface area (Å²) in [7, 11) is 1.84. The second-order valence-corrected chi connectivity index (χ2v) is 4.46. The maximum absolute atomic E-state index is 11.9. The van der Waals surface area contributed by atoms with Gasteiger partial charge in [0.05, 0.1) is 18.3 Å². The third-order valence-corrected chi connectivity index (χ3v) is 3.00. The molecule has 1 atom stereocenters. The van der Waals surface area contributed by atoms with Crippen molar-refractivity contribution < 1.29 is 4.79 Å². The largest absolute Gasteiger partial charge is 0.349 e. The van der Waals surface area contributed by atoms with Crippen molar-refractivity contribution in [3.05, 3.63) is 53.9 Å². The smallest absolute Gasteiger partial charge is 0.237 e. The van der Waals surface area contributed by atoms with E-state index in [1.165, 1.54) is 0 Å². The highest BCUT2D eigenvalue weighted by Crippen LogP contribution is 2.02. The number of nitrogens with zero attached hydrogens (tertiary/aromatic N) is 2.